The van der Waals surface area contributed by atoms with Gasteiger partial charge in [-0.25, -0.2) is 0 Å². The van der Waals surface area contributed by atoms with Gasteiger partial charge in [-0.1, -0.05) is 23.4 Å². The summed E-state index contributed by atoms with van der Waals surface area (Å²) in [7, 11) is 3.30. The second-order valence-corrected chi connectivity index (χ2v) is 10.9. The van der Waals surface area contributed by atoms with Crippen LogP contribution in [0, 0.1) is 11.8 Å². The van der Waals surface area contributed by atoms with E-state index in [9.17, 15) is 4.79 Å². The van der Waals surface area contributed by atoms with Crippen molar-refractivity contribution >= 4 is 17.7 Å². The number of nitrogens with zero attached hydrogens (tertiary/aromatic N) is 2. The van der Waals surface area contributed by atoms with Crippen LogP contribution in [0.25, 0.3) is 0 Å². The first-order valence-electron chi connectivity index (χ1n) is 13.0. The van der Waals surface area contributed by atoms with Gasteiger partial charge >= 0.3 is 0 Å². The maximum absolute atomic E-state index is 13.4. The lowest BCUT2D eigenvalue weighted by Crippen LogP contribution is -2.42. The molecule has 0 spiro atoms. The largest absolute Gasteiger partial charge is 0.493 e. The molecular weight excluding hydrogens is 486 g/mol. The Hall–Kier alpha value is -2.97. The molecule has 0 saturated carbocycles. The van der Waals surface area contributed by atoms with Crippen molar-refractivity contribution in [1.29, 1.82) is 0 Å². The number of thioether (sulfide) groups is 1. The van der Waals surface area contributed by atoms with Gasteiger partial charge in [-0.15, -0.1) is 11.8 Å². The summed E-state index contributed by atoms with van der Waals surface area (Å²) in [4.78, 5) is 16.6. The van der Waals surface area contributed by atoms with Gasteiger partial charge in [0.2, 0.25) is 5.91 Å². The van der Waals surface area contributed by atoms with Gasteiger partial charge in [0, 0.05) is 30.5 Å². The van der Waals surface area contributed by atoms with E-state index in [1.165, 1.54) is 10.5 Å². The zero-order valence-electron chi connectivity index (χ0n) is 21.6. The number of carbonyl (C=O) groups excluding carboxylic acids is 1. The molecule has 8 heteroatoms. The summed E-state index contributed by atoms with van der Waals surface area (Å²) < 4.78 is 16.6. The van der Waals surface area contributed by atoms with Gasteiger partial charge in [0.1, 0.15) is 5.76 Å². The smallest absolute Gasteiger partial charge is 0.223 e. The second-order valence-electron chi connectivity index (χ2n) is 9.85. The molecule has 3 heterocycles. The van der Waals surface area contributed by atoms with Gasteiger partial charge in [0.15, 0.2) is 11.5 Å². The van der Waals surface area contributed by atoms with Crippen LogP contribution in [0.1, 0.15) is 35.4 Å². The monoisotopic (exact) mass is 521 g/mol. The van der Waals surface area contributed by atoms with E-state index in [1.54, 1.807) is 26.0 Å². The summed E-state index contributed by atoms with van der Waals surface area (Å²) in [5, 5.41) is 7.86. The highest BCUT2D eigenvalue weighted by Crippen LogP contribution is 2.34. The van der Waals surface area contributed by atoms with E-state index >= 15 is 0 Å². The van der Waals surface area contributed by atoms with Crippen molar-refractivity contribution in [2.75, 3.05) is 33.9 Å². The molecule has 1 fully saturated rings. The molecule has 1 aromatic heterocycles. The number of ether oxygens (including phenoxy) is 2. The number of aromatic nitrogens is 1. The molecule has 7 nitrogen and oxygen atoms in total. The lowest BCUT2D eigenvalue weighted by molar-refractivity contribution is -0.133. The summed E-state index contributed by atoms with van der Waals surface area (Å²) in [6.45, 7) is 3.21. The van der Waals surface area contributed by atoms with Crippen LogP contribution in [-0.2, 0) is 29.9 Å². The molecule has 1 amide bonds. The Bertz CT molecular complexity index is 1200. The van der Waals surface area contributed by atoms with Crippen LogP contribution in [-0.4, -0.2) is 49.8 Å². The van der Waals surface area contributed by atoms with Gasteiger partial charge in [-0.3, -0.25) is 4.79 Å². The van der Waals surface area contributed by atoms with Crippen LogP contribution in [0.3, 0.4) is 0 Å². The molecule has 5 rings (SSSR count). The predicted octanol–water partition coefficient (Wildman–Crippen LogP) is 4.73. The summed E-state index contributed by atoms with van der Waals surface area (Å²) >= 11 is 1.75. The number of benzene rings is 2. The molecule has 196 valence electrons. The lowest BCUT2D eigenvalue weighted by atomic mass is 9.80. The predicted molar refractivity (Wildman–Crippen MR) is 144 cm³/mol. The minimum atomic E-state index is 0.234. The highest BCUT2D eigenvalue weighted by Gasteiger charge is 2.31. The standard InChI is InChI=1S/C29H35N3O4S/c1-34-27-13-21-9-11-32(18-23(21)14-28(27)35-2)29(33)15-20-8-10-30-17-22(20)12-24-16-25(36-31-24)19-37-26-6-4-3-5-7-26/h3-7,13-14,16,20,22,30H,8-12,15,17-19H2,1-2H3/t20-,22+/m1/s1. The molecule has 0 radical (unpaired) electrons. The average molecular weight is 522 g/mol. The number of carbonyl (C=O) groups is 1. The normalized spacial score (nSPS) is 19.4. The highest BCUT2D eigenvalue weighted by molar-refractivity contribution is 7.98. The van der Waals surface area contributed by atoms with E-state index in [0.717, 1.165) is 67.4 Å². The molecule has 2 aliphatic heterocycles. The molecule has 2 aromatic carbocycles. The fourth-order valence-electron chi connectivity index (χ4n) is 5.39. The van der Waals surface area contributed by atoms with Gasteiger partial charge in [0.25, 0.3) is 0 Å². The molecule has 0 aliphatic carbocycles. The Morgan fingerprint density at radius 2 is 1.89 bits per heavy atom. The summed E-state index contributed by atoms with van der Waals surface area (Å²) in [5.74, 6) is 4.03. The Kier molecular flexibility index (Phi) is 8.36. The SMILES string of the molecule is COc1cc2c(cc1OC)CN(C(=O)C[C@H]1CCNC[C@@H]1Cc1cc(CSc3ccccc3)on1)CC2. The van der Waals surface area contributed by atoms with Crippen molar-refractivity contribution in [2.24, 2.45) is 11.8 Å². The number of fused-ring (bicyclic) bond motifs is 1. The third-order valence-corrected chi connectivity index (χ3v) is 8.51. The van der Waals surface area contributed by atoms with E-state index in [2.05, 4.69) is 28.7 Å². The van der Waals surface area contributed by atoms with Crippen molar-refractivity contribution in [2.45, 2.75) is 42.9 Å². The fourth-order valence-corrected chi connectivity index (χ4v) is 6.19. The fraction of sp³-hybridized carbons (Fsp3) is 0.448. The van der Waals surface area contributed by atoms with Crippen LogP contribution in [0.15, 0.2) is 57.9 Å². The van der Waals surface area contributed by atoms with Crippen LogP contribution < -0.4 is 14.8 Å². The lowest BCUT2D eigenvalue weighted by Gasteiger charge is -2.35. The highest BCUT2D eigenvalue weighted by atomic mass is 32.2. The Balaban J connectivity index is 1.18. The van der Waals surface area contributed by atoms with Gasteiger partial charge in [0.05, 0.1) is 25.7 Å². The molecule has 2 aliphatic rings. The molecule has 1 N–H and O–H groups in total. The van der Waals surface area contributed by atoms with Crippen LogP contribution in [0.4, 0.5) is 0 Å². The number of nitrogens with one attached hydrogen (secondary N) is 1. The first-order valence-corrected chi connectivity index (χ1v) is 14.0. The van der Waals surface area contributed by atoms with Crippen molar-refractivity contribution in [1.82, 2.24) is 15.4 Å². The third-order valence-electron chi connectivity index (χ3n) is 7.48. The molecule has 1 saturated heterocycles. The van der Waals surface area contributed by atoms with E-state index < -0.39 is 0 Å². The topological polar surface area (TPSA) is 76.8 Å². The van der Waals surface area contributed by atoms with Crippen LogP contribution in [0.5, 0.6) is 11.5 Å². The Labute approximate surface area is 222 Å². The van der Waals surface area contributed by atoms with E-state index in [0.29, 0.717) is 30.6 Å². The minimum Gasteiger partial charge on any atom is -0.493 e. The van der Waals surface area contributed by atoms with Crippen LogP contribution in [0.2, 0.25) is 0 Å². The van der Waals surface area contributed by atoms with Crippen molar-refractivity contribution in [3.8, 4) is 11.5 Å². The molecule has 3 aromatic rings. The second kappa shape index (κ2) is 12.0. The maximum Gasteiger partial charge on any atom is 0.223 e. The molecule has 0 unspecified atom stereocenters. The number of hydrogen-bond acceptors (Lipinski definition) is 7. The minimum absolute atomic E-state index is 0.234. The number of piperidine rings is 1. The number of methoxy groups -OCH3 is 2. The molecule has 37 heavy (non-hydrogen) atoms. The number of rotatable bonds is 9. The zero-order valence-corrected chi connectivity index (χ0v) is 22.4. The summed E-state index contributed by atoms with van der Waals surface area (Å²) in [5.41, 5.74) is 3.35. The maximum atomic E-state index is 13.4. The van der Waals surface area contributed by atoms with Crippen molar-refractivity contribution in [3.63, 3.8) is 0 Å². The van der Waals surface area contributed by atoms with Crippen molar-refractivity contribution < 1.29 is 18.8 Å². The van der Waals surface area contributed by atoms with Gasteiger partial charge in [-0.2, -0.15) is 0 Å². The van der Waals surface area contributed by atoms with E-state index in [-0.39, 0.29) is 5.91 Å². The van der Waals surface area contributed by atoms with E-state index in [1.807, 2.05) is 35.2 Å². The quantitative estimate of drug-likeness (QED) is 0.408. The number of hydrogen-bond donors (Lipinski definition) is 1. The molecule has 2 atom stereocenters. The van der Waals surface area contributed by atoms with Gasteiger partial charge in [-0.05, 0) is 79.6 Å². The Morgan fingerprint density at radius 1 is 1.11 bits per heavy atom. The van der Waals surface area contributed by atoms with Gasteiger partial charge < -0.3 is 24.2 Å². The zero-order chi connectivity index (χ0) is 25.6. The van der Waals surface area contributed by atoms with Crippen LogP contribution >= 0.6 is 11.8 Å². The van der Waals surface area contributed by atoms with E-state index in [4.69, 9.17) is 14.0 Å². The molecule has 0 bridgehead atoms. The first-order chi connectivity index (χ1) is 18.1. The van der Waals surface area contributed by atoms with Crippen molar-refractivity contribution in [3.05, 3.63) is 71.1 Å². The Morgan fingerprint density at radius 3 is 2.68 bits per heavy atom. The summed E-state index contributed by atoms with van der Waals surface area (Å²) in [6.07, 6.45) is 3.23. The first kappa shape index (κ1) is 25.7. The molecular formula is C29H35N3O4S. The average Bonchev–Trinajstić information content (AvgIpc) is 3.39. The summed E-state index contributed by atoms with van der Waals surface area (Å²) in [6, 6.07) is 16.4. The number of amides is 1. The third kappa shape index (κ3) is 6.30.